The van der Waals surface area contributed by atoms with Gasteiger partial charge in [0, 0.05) is 0 Å². The van der Waals surface area contributed by atoms with Gasteiger partial charge in [-0.1, -0.05) is 0 Å². The second-order valence-electron chi connectivity index (χ2n) is 4.49. The molecule has 0 aromatic heterocycles. The molecule has 1 N–H and O–H groups in total. The van der Waals surface area contributed by atoms with Gasteiger partial charge in [-0.25, -0.2) is 17.6 Å². The van der Waals surface area contributed by atoms with Gasteiger partial charge in [-0.2, -0.15) is 0 Å². The third-order valence-corrected chi connectivity index (χ3v) is 4.06. The van der Waals surface area contributed by atoms with Crippen LogP contribution in [-0.2, 0) is 19.7 Å². The van der Waals surface area contributed by atoms with Gasteiger partial charge in [-0.3, -0.25) is 0 Å². The molecule has 1 saturated carbocycles. The van der Waals surface area contributed by atoms with Crippen LogP contribution in [0.4, 0.5) is 4.39 Å². The van der Waals surface area contributed by atoms with Crippen LogP contribution < -0.4 is 4.89 Å². The normalized spacial score (nSPS) is 17.2. The molecule has 0 spiro atoms. The third-order valence-electron chi connectivity index (χ3n) is 2.86. The van der Waals surface area contributed by atoms with Gasteiger partial charge in [-0.15, -0.1) is 0 Å². The van der Waals surface area contributed by atoms with Gasteiger partial charge < -0.3 is 4.84 Å². The molecule has 0 unspecified atom stereocenters. The van der Waals surface area contributed by atoms with Crippen LogP contribution in [-0.4, -0.2) is 14.4 Å². The summed E-state index contributed by atoms with van der Waals surface area (Å²) in [6.45, 7) is 1.70. The van der Waals surface area contributed by atoms with E-state index in [-0.39, 0.29) is 4.90 Å². The van der Waals surface area contributed by atoms with Gasteiger partial charge in [-0.05, 0) is 48.9 Å². The zero-order valence-corrected chi connectivity index (χ0v) is 10.5. The smallest absolute Gasteiger partial charge is 0.331 e. The van der Waals surface area contributed by atoms with Crippen molar-refractivity contribution >= 4 is 16.0 Å². The van der Waals surface area contributed by atoms with Crippen LogP contribution in [0.5, 0.6) is 0 Å². The molecule has 2 rings (SSSR count). The number of nitrogens with one attached hydrogen (secondary N) is 1. The minimum atomic E-state index is -3.96. The Labute approximate surface area is 104 Å². The fraction of sp³-hybridized carbons (Fsp3) is 0.364. The lowest BCUT2D eigenvalue weighted by molar-refractivity contribution is -0.153. The van der Waals surface area contributed by atoms with E-state index in [9.17, 15) is 17.6 Å². The molecule has 0 amide bonds. The van der Waals surface area contributed by atoms with E-state index in [1.165, 1.54) is 0 Å². The van der Waals surface area contributed by atoms with Crippen LogP contribution >= 0.6 is 0 Å². The highest BCUT2D eigenvalue weighted by molar-refractivity contribution is 7.89. The van der Waals surface area contributed by atoms with E-state index in [1.807, 2.05) is 0 Å². The molecule has 0 saturated heterocycles. The molecule has 7 heteroatoms. The average Bonchev–Trinajstić information content (AvgIpc) is 3.06. The molecule has 5 nitrogen and oxygen atoms in total. The topological polar surface area (TPSA) is 72.5 Å². The Bertz CT molecular complexity index is 563. The number of sulfonamides is 1. The Kier molecular flexibility index (Phi) is 3.12. The summed E-state index contributed by atoms with van der Waals surface area (Å²) < 4.78 is 36.0. The van der Waals surface area contributed by atoms with Gasteiger partial charge in [0.2, 0.25) is 0 Å². The summed E-state index contributed by atoms with van der Waals surface area (Å²) in [5, 5.41) is 0. The molecule has 98 valence electrons. The summed E-state index contributed by atoms with van der Waals surface area (Å²) in [6, 6.07) is 4.20. The van der Waals surface area contributed by atoms with Crippen LogP contribution in [0.15, 0.2) is 29.2 Å². The van der Waals surface area contributed by atoms with Gasteiger partial charge in [0.15, 0.2) is 0 Å². The molecular weight excluding hydrogens is 261 g/mol. The predicted molar refractivity (Wildman–Crippen MR) is 60.2 cm³/mol. The first-order chi connectivity index (χ1) is 8.33. The van der Waals surface area contributed by atoms with Crippen molar-refractivity contribution in [2.75, 3.05) is 0 Å². The molecule has 0 bridgehead atoms. The maximum Gasteiger partial charge on any atom is 0.331 e. The molecule has 1 aliphatic rings. The summed E-state index contributed by atoms with van der Waals surface area (Å²) in [4.78, 5) is 17.6. The van der Waals surface area contributed by atoms with Crippen LogP contribution in [0.2, 0.25) is 0 Å². The number of carbonyl (C=O) groups is 1. The van der Waals surface area contributed by atoms with E-state index in [4.69, 9.17) is 0 Å². The van der Waals surface area contributed by atoms with Gasteiger partial charge in [0.1, 0.15) is 5.82 Å². The molecule has 1 aromatic rings. The number of halogens is 1. The van der Waals surface area contributed by atoms with E-state index in [2.05, 4.69) is 4.84 Å². The van der Waals surface area contributed by atoms with Crippen molar-refractivity contribution in [1.82, 2.24) is 4.89 Å². The van der Waals surface area contributed by atoms with E-state index in [0.29, 0.717) is 12.8 Å². The molecule has 18 heavy (non-hydrogen) atoms. The maximum absolute atomic E-state index is 12.7. The average molecular weight is 273 g/mol. The summed E-state index contributed by atoms with van der Waals surface area (Å²) in [5.74, 6) is -1.15. The Balaban J connectivity index is 2.03. The number of carbonyl (C=O) groups excluding carboxylic acids is 1. The highest BCUT2D eigenvalue weighted by Crippen LogP contribution is 2.45. The van der Waals surface area contributed by atoms with Crippen molar-refractivity contribution in [2.45, 2.75) is 24.7 Å². The quantitative estimate of drug-likeness (QED) is 0.841. The van der Waals surface area contributed by atoms with E-state index < -0.39 is 27.2 Å². The van der Waals surface area contributed by atoms with E-state index >= 15 is 0 Å². The largest absolute Gasteiger partial charge is 0.355 e. The first-order valence-corrected chi connectivity index (χ1v) is 6.80. The van der Waals surface area contributed by atoms with Crippen molar-refractivity contribution in [3.8, 4) is 0 Å². The zero-order valence-electron chi connectivity index (χ0n) is 9.64. The minimum Gasteiger partial charge on any atom is -0.355 e. The second kappa shape index (κ2) is 4.33. The summed E-state index contributed by atoms with van der Waals surface area (Å²) >= 11 is 0. The third kappa shape index (κ3) is 2.68. The van der Waals surface area contributed by atoms with Gasteiger partial charge in [0.05, 0.1) is 10.3 Å². The number of benzene rings is 1. The van der Waals surface area contributed by atoms with Crippen molar-refractivity contribution in [2.24, 2.45) is 5.41 Å². The SMILES string of the molecule is CC1(C(=O)ONS(=O)(=O)c2ccc(F)cc2)CC1. The molecule has 0 atom stereocenters. The lowest BCUT2D eigenvalue weighted by atomic mass is 10.2. The van der Waals surface area contributed by atoms with E-state index in [1.54, 1.807) is 11.8 Å². The van der Waals surface area contributed by atoms with Gasteiger partial charge in [0.25, 0.3) is 10.0 Å². The standard InChI is InChI=1S/C11H12FNO4S/c1-11(6-7-11)10(14)17-13-18(15,16)9-4-2-8(12)3-5-9/h2-5,13H,6-7H2,1H3. The van der Waals surface area contributed by atoms with Crippen molar-refractivity contribution < 1.29 is 22.4 Å². The van der Waals surface area contributed by atoms with Crippen LogP contribution in [0.1, 0.15) is 19.8 Å². The minimum absolute atomic E-state index is 0.169. The Morgan fingerprint density at radius 1 is 1.33 bits per heavy atom. The molecule has 1 aliphatic carbocycles. The van der Waals surface area contributed by atoms with Crippen molar-refractivity contribution in [3.05, 3.63) is 30.1 Å². The first-order valence-electron chi connectivity index (χ1n) is 5.32. The first kappa shape index (κ1) is 13.0. The molecular formula is C11H12FNO4S. The monoisotopic (exact) mass is 273 g/mol. The van der Waals surface area contributed by atoms with Crippen LogP contribution in [0.3, 0.4) is 0 Å². The van der Waals surface area contributed by atoms with Crippen molar-refractivity contribution in [3.63, 3.8) is 0 Å². The lowest BCUT2D eigenvalue weighted by Gasteiger charge is -2.09. The van der Waals surface area contributed by atoms with Crippen molar-refractivity contribution in [1.29, 1.82) is 0 Å². The Morgan fingerprint density at radius 3 is 2.39 bits per heavy atom. The highest BCUT2D eigenvalue weighted by Gasteiger charge is 2.47. The number of hydrogen-bond acceptors (Lipinski definition) is 4. The predicted octanol–water partition coefficient (Wildman–Crippen LogP) is 1.36. The fourth-order valence-electron chi connectivity index (χ4n) is 1.27. The second-order valence-corrected chi connectivity index (χ2v) is 6.14. The summed E-state index contributed by atoms with van der Waals surface area (Å²) in [5.41, 5.74) is -0.578. The highest BCUT2D eigenvalue weighted by atomic mass is 32.2. The fourth-order valence-corrected chi connectivity index (χ4v) is 2.05. The zero-order chi connectivity index (χ0) is 13.4. The maximum atomic E-state index is 12.7. The Morgan fingerprint density at radius 2 is 1.89 bits per heavy atom. The van der Waals surface area contributed by atoms with Crippen LogP contribution in [0, 0.1) is 11.2 Å². The van der Waals surface area contributed by atoms with Gasteiger partial charge >= 0.3 is 5.97 Å². The molecule has 1 fully saturated rings. The summed E-state index contributed by atoms with van der Waals surface area (Å²) in [7, 11) is -3.96. The molecule has 1 aromatic carbocycles. The Hall–Kier alpha value is -1.47. The lowest BCUT2D eigenvalue weighted by Crippen LogP contribution is -2.30. The number of hydrogen-bond donors (Lipinski definition) is 1. The summed E-state index contributed by atoms with van der Waals surface area (Å²) in [6.07, 6.45) is 1.37. The number of rotatable bonds is 4. The van der Waals surface area contributed by atoms with E-state index in [0.717, 1.165) is 24.3 Å². The molecule has 0 aliphatic heterocycles. The molecule has 0 radical (unpaired) electrons. The molecule has 0 heterocycles. The van der Waals surface area contributed by atoms with Crippen LogP contribution in [0.25, 0.3) is 0 Å².